The van der Waals surface area contributed by atoms with E-state index in [-0.39, 0.29) is 5.56 Å². The van der Waals surface area contributed by atoms with Gasteiger partial charge in [0.1, 0.15) is 5.75 Å². The third-order valence-corrected chi connectivity index (χ3v) is 2.89. The first-order valence-electron chi connectivity index (χ1n) is 5.22. The van der Waals surface area contributed by atoms with Crippen molar-refractivity contribution >= 4 is 21.8 Å². The maximum Gasteiger partial charge on any atom is 0.275 e. The van der Waals surface area contributed by atoms with Gasteiger partial charge >= 0.3 is 0 Å². The van der Waals surface area contributed by atoms with Gasteiger partial charge in [0.25, 0.3) is 5.56 Å². The minimum absolute atomic E-state index is 0.0646. The lowest BCUT2D eigenvalue weighted by Gasteiger charge is -2.02. The number of hydrogen-bond acceptors (Lipinski definition) is 3. The molecular formula is C12H11N3O2. The van der Waals surface area contributed by atoms with Crippen LogP contribution in [0.1, 0.15) is 0 Å². The molecule has 0 fully saturated rings. The predicted octanol–water partition coefficient (Wildman–Crippen LogP) is 1.42. The third-order valence-electron chi connectivity index (χ3n) is 2.89. The zero-order valence-electron chi connectivity index (χ0n) is 9.52. The maximum absolute atomic E-state index is 11.8. The van der Waals surface area contributed by atoms with Gasteiger partial charge in [0, 0.05) is 24.7 Å². The highest BCUT2D eigenvalue weighted by atomic mass is 16.5. The molecule has 86 valence electrons. The van der Waals surface area contributed by atoms with Crippen LogP contribution in [0.3, 0.4) is 0 Å². The molecule has 0 aliphatic carbocycles. The summed E-state index contributed by atoms with van der Waals surface area (Å²) in [4.78, 5) is 16.0. The van der Waals surface area contributed by atoms with Gasteiger partial charge in [-0.1, -0.05) is 0 Å². The van der Waals surface area contributed by atoms with Crippen LogP contribution < -0.4 is 10.3 Å². The van der Waals surface area contributed by atoms with Crippen molar-refractivity contribution in [3.63, 3.8) is 0 Å². The number of benzene rings is 1. The molecule has 5 nitrogen and oxygen atoms in total. The molecule has 0 spiro atoms. The number of fused-ring (bicyclic) bond motifs is 3. The number of nitrogens with zero attached hydrogens (tertiary/aromatic N) is 2. The molecule has 0 saturated heterocycles. The Morgan fingerprint density at radius 1 is 1.35 bits per heavy atom. The minimum Gasteiger partial charge on any atom is -0.497 e. The third kappa shape index (κ3) is 1.32. The Kier molecular flexibility index (Phi) is 1.95. The van der Waals surface area contributed by atoms with E-state index in [2.05, 4.69) is 10.1 Å². The van der Waals surface area contributed by atoms with Crippen LogP contribution in [0.15, 0.2) is 29.2 Å². The van der Waals surface area contributed by atoms with Crippen molar-refractivity contribution in [3.05, 3.63) is 34.7 Å². The van der Waals surface area contributed by atoms with Crippen LogP contribution in [0.4, 0.5) is 0 Å². The summed E-state index contributed by atoms with van der Waals surface area (Å²) < 4.78 is 6.60. The average Bonchev–Trinajstić information content (AvgIpc) is 2.65. The van der Waals surface area contributed by atoms with Crippen LogP contribution in [0.5, 0.6) is 5.75 Å². The number of H-pyrrole nitrogens is 1. The van der Waals surface area contributed by atoms with Crippen molar-refractivity contribution in [1.82, 2.24) is 14.8 Å². The molecule has 0 unspecified atom stereocenters. The molecule has 5 heteroatoms. The second-order valence-electron chi connectivity index (χ2n) is 3.91. The summed E-state index contributed by atoms with van der Waals surface area (Å²) in [5.41, 5.74) is 1.55. The number of ether oxygens (including phenoxy) is 1. The largest absolute Gasteiger partial charge is 0.497 e. The normalized spacial score (nSPS) is 11.2. The first-order valence-corrected chi connectivity index (χ1v) is 5.22. The standard InChI is InChI=1S/C12H11N3O2/c1-15-12(16)9-6-13-10-5-7(17-2)3-4-8(10)11(9)14-15/h3-6,14H,1-2H3. The summed E-state index contributed by atoms with van der Waals surface area (Å²) in [6.07, 6.45) is 1.59. The fourth-order valence-electron chi connectivity index (χ4n) is 1.98. The lowest BCUT2D eigenvalue weighted by Crippen LogP contribution is -2.11. The summed E-state index contributed by atoms with van der Waals surface area (Å²) >= 11 is 0. The van der Waals surface area contributed by atoms with Crippen LogP contribution in [0, 0.1) is 0 Å². The van der Waals surface area contributed by atoms with Gasteiger partial charge in [0.05, 0.1) is 23.5 Å². The van der Waals surface area contributed by atoms with Crippen molar-refractivity contribution in [2.24, 2.45) is 7.05 Å². The Balaban J connectivity index is 2.48. The van der Waals surface area contributed by atoms with Gasteiger partial charge in [0.2, 0.25) is 0 Å². The van der Waals surface area contributed by atoms with Crippen LogP contribution in [0.25, 0.3) is 21.8 Å². The first-order chi connectivity index (χ1) is 8.20. The van der Waals surface area contributed by atoms with Crippen LogP contribution in [0.2, 0.25) is 0 Å². The van der Waals surface area contributed by atoms with E-state index >= 15 is 0 Å². The zero-order chi connectivity index (χ0) is 12.0. The van der Waals surface area contributed by atoms with E-state index in [0.29, 0.717) is 5.39 Å². The number of rotatable bonds is 1. The molecular weight excluding hydrogens is 218 g/mol. The summed E-state index contributed by atoms with van der Waals surface area (Å²) in [5.74, 6) is 0.752. The predicted molar refractivity (Wildman–Crippen MR) is 65.4 cm³/mol. The van der Waals surface area contributed by atoms with Crippen molar-refractivity contribution in [1.29, 1.82) is 0 Å². The Hall–Kier alpha value is -2.30. The van der Waals surface area contributed by atoms with Crippen LogP contribution in [-0.2, 0) is 7.05 Å². The second-order valence-corrected chi connectivity index (χ2v) is 3.91. The van der Waals surface area contributed by atoms with Crippen LogP contribution in [-0.4, -0.2) is 21.9 Å². The molecule has 1 N–H and O–H groups in total. The highest BCUT2D eigenvalue weighted by Gasteiger charge is 2.09. The molecule has 0 radical (unpaired) electrons. The molecule has 0 atom stereocenters. The summed E-state index contributed by atoms with van der Waals surface area (Å²) in [6.45, 7) is 0. The van der Waals surface area contributed by atoms with Gasteiger partial charge in [-0.15, -0.1) is 0 Å². The van der Waals surface area contributed by atoms with E-state index in [1.807, 2.05) is 18.2 Å². The smallest absolute Gasteiger partial charge is 0.275 e. The Labute approximate surface area is 96.6 Å². The van der Waals surface area contributed by atoms with Crippen molar-refractivity contribution in [2.75, 3.05) is 7.11 Å². The number of pyridine rings is 1. The Bertz CT molecular complexity index is 770. The van der Waals surface area contributed by atoms with Crippen molar-refractivity contribution < 1.29 is 4.74 Å². The summed E-state index contributed by atoms with van der Waals surface area (Å²) in [5, 5.41) is 4.55. The number of aromatic nitrogens is 3. The average molecular weight is 229 g/mol. The molecule has 0 aliphatic rings. The highest BCUT2D eigenvalue weighted by molar-refractivity contribution is 6.02. The highest BCUT2D eigenvalue weighted by Crippen LogP contribution is 2.23. The molecule has 0 saturated carbocycles. The zero-order valence-corrected chi connectivity index (χ0v) is 9.52. The van der Waals surface area contributed by atoms with Gasteiger partial charge in [0.15, 0.2) is 0 Å². The summed E-state index contributed by atoms with van der Waals surface area (Å²) in [7, 11) is 3.31. The quantitative estimate of drug-likeness (QED) is 0.686. The van der Waals surface area contributed by atoms with E-state index in [1.165, 1.54) is 4.68 Å². The SMILES string of the molecule is COc1ccc2c(c1)ncc1c(=O)n(C)[nH]c12. The van der Waals surface area contributed by atoms with E-state index in [9.17, 15) is 4.79 Å². The van der Waals surface area contributed by atoms with Gasteiger partial charge < -0.3 is 4.74 Å². The van der Waals surface area contributed by atoms with Gasteiger partial charge in [-0.05, 0) is 12.1 Å². The molecule has 3 rings (SSSR count). The molecule has 0 bridgehead atoms. The molecule has 1 aromatic carbocycles. The second kappa shape index (κ2) is 3.35. The molecule has 3 aromatic rings. The van der Waals surface area contributed by atoms with E-state index in [1.54, 1.807) is 20.4 Å². The molecule has 17 heavy (non-hydrogen) atoms. The lowest BCUT2D eigenvalue weighted by atomic mass is 10.1. The molecule has 0 aliphatic heterocycles. The maximum atomic E-state index is 11.8. The van der Waals surface area contributed by atoms with E-state index in [4.69, 9.17) is 4.74 Å². The molecule has 2 aromatic heterocycles. The van der Waals surface area contributed by atoms with Crippen LogP contribution >= 0.6 is 0 Å². The number of nitrogens with one attached hydrogen (secondary N) is 1. The Morgan fingerprint density at radius 3 is 2.94 bits per heavy atom. The fourth-order valence-corrected chi connectivity index (χ4v) is 1.98. The number of aryl methyl sites for hydroxylation is 1. The van der Waals surface area contributed by atoms with Crippen molar-refractivity contribution in [3.8, 4) is 5.75 Å². The number of methoxy groups -OCH3 is 1. The monoisotopic (exact) mass is 229 g/mol. The van der Waals surface area contributed by atoms with E-state index < -0.39 is 0 Å². The van der Waals surface area contributed by atoms with Gasteiger partial charge in [-0.25, -0.2) is 0 Å². The molecule has 2 heterocycles. The first kappa shape index (κ1) is 9.89. The lowest BCUT2D eigenvalue weighted by molar-refractivity contribution is 0.415. The van der Waals surface area contributed by atoms with E-state index in [0.717, 1.165) is 22.2 Å². The van der Waals surface area contributed by atoms with Gasteiger partial charge in [-0.2, -0.15) is 0 Å². The minimum atomic E-state index is -0.0646. The summed E-state index contributed by atoms with van der Waals surface area (Å²) in [6, 6.07) is 5.61. The number of hydrogen-bond donors (Lipinski definition) is 1. The van der Waals surface area contributed by atoms with Gasteiger partial charge in [-0.3, -0.25) is 19.6 Å². The topological polar surface area (TPSA) is 59.9 Å². The van der Waals surface area contributed by atoms with Crippen molar-refractivity contribution in [2.45, 2.75) is 0 Å². The molecule has 0 amide bonds. The fraction of sp³-hybridized carbons (Fsp3) is 0.167. The number of aromatic amines is 1. The Morgan fingerprint density at radius 2 is 2.18 bits per heavy atom.